The van der Waals surface area contributed by atoms with Crippen molar-refractivity contribution in [3.05, 3.63) is 29.8 Å². The van der Waals surface area contributed by atoms with Crippen molar-refractivity contribution >= 4 is 11.8 Å². The third kappa shape index (κ3) is 4.18. The molecule has 0 radical (unpaired) electrons. The first-order chi connectivity index (χ1) is 12.5. The second kappa shape index (κ2) is 8.08. The van der Waals surface area contributed by atoms with Crippen LogP contribution in [-0.4, -0.2) is 72.9 Å². The van der Waals surface area contributed by atoms with Crippen LogP contribution in [0.15, 0.2) is 24.3 Å². The first-order valence-electron chi connectivity index (χ1n) is 9.42. The average Bonchev–Trinajstić information content (AvgIpc) is 2.88. The fraction of sp³-hybridized carbons (Fsp3) is 0.600. The maximum Gasteiger partial charge on any atom is 0.241 e. The minimum atomic E-state index is -0.0102. The Bertz CT molecular complexity index is 644. The number of nitrogens with zero attached hydrogens (tertiary/aromatic N) is 3. The van der Waals surface area contributed by atoms with Gasteiger partial charge in [0.15, 0.2) is 0 Å². The highest BCUT2D eigenvalue weighted by atomic mass is 16.5. The molecule has 3 saturated heterocycles. The summed E-state index contributed by atoms with van der Waals surface area (Å²) >= 11 is 0. The SMILES string of the molecule is CCOc1ccc(CN2C[C@@H]3CC[C@H](C2)N(CC(=O)N(C)C)C3=O)cc1. The van der Waals surface area contributed by atoms with Gasteiger partial charge in [0.05, 0.1) is 12.5 Å². The van der Waals surface area contributed by atoms with E-state index in [-0.39, 0.29) is 30.3 Å². The zero-order valence-electron chi connectivity index (χ0n) is 16.0. The van der Waals surface area contributed by atoms with Crippen molar-refractivity contribution in [2.45, 2.75) is 32.4 Å². The van der Waals surface area contributed by atoms with Crippen molar-refractivity contribution < 1.29 is 14.3 Å². The Kier molecular flexibility index (Phi) is 5.81. The highest BCUT2D eigenvalue weighted by Crippen LogP contribution is 2.30. The van der Waals surface area contributed by atoms with E-state index in [1.54, 1.807) is 19.0 Å². The molecule has 2 atom stereocenters. The molecule has 1 aromatic rings. The van der Waals surface area contributed by atoms with Gasteiger partial charge in [0.2, 0.25) is 11.8 Å². The van der Waals surface area contributed by atoms with Crippen molar-refractivity contribution in [2.75, 3.05) is 40.3 Å². The number of rotatable bonds is 6. The molecule has 4 rings (SSSR count). The van der Waals surface area contributed by atoms with Gasteiger partial charge in [-0.05, 0) is 37.5 Å². The number of hydrogen-bond donors (Lipinski definition) is 0. The molecule has 0 spiro atoms. The lowest BCUT2D eigenvalue weighted by atomic mass is 9.94. The monoisotopic (exact) mass is 359 g/mol. The molecule has 3 heterocycles. The van der Waals surface area contributed by atoms with Gasteiger partial charge in [-0.3, -0.25) is 14.5 Å². The number of piperidine rings is 1. The van der Waals surface area contributed by atoms with Gasteiger partial charge in [-0.1, -0.05) is 12.1 Å². The van der Waals surface area contributed by atoms with Crippen LogP contribution in [0, 0.1) is 5.92 Å². The number of hydrogen-bond acceptors (Lipinski definition) is 4. The molecule has 2 amide bonds. The van der Waals surface area contributed by atoms with E-state index >= 15 is 0 Å². The van der Waals surface area contributed by atoms with Crippen LogP contribution in [0.3, 0.4) is 0 Å². The summed E-state index contributed by atoms with van der Waals surface area (Å²) in [5.74, 6) is 1.02. The molecule has 0 unspecified atom stereocenters. The number of fused-ring (bicyclic) bond motifs is 4. The van der Waals surface area contributed by atoms with E-state index in [0.717, 1.165) is 38.2 Å². The summed E-state index contributed by atoms with van der Waals surface area (Å²) in [6.45, 7) is 5.26. The molecule has 3 aliphatic heterocycles. The maximum atomic E-state index is 12.8. The molecule has 3 aliphatic rings. The topological polar surface area (TPSA) is 53.1 Å². The lowest BCUT2D eigenvalue weighted by Crippen LogP contribution is -2.51. The van der Waals surface area contributed by atoms with E-state index in [1.165, 1.54) is 5.56 Å². The van der Waals surface area contributed by atoms with E-state index in [0.29, 0.717) is 6.61 Å². The van der Waals surface area contributed by atoms with Gasteiger partial charge in [0, 0.05) is 39.8 Å². The summed E-state index contributed by atoms with van der Waals surface area (Å²) < 4.78 is 5.50. The molecule has 0 N–H and O–H groups in total. The van der Waals surface area contributed by atoms with Crippen molar-refractivity contribution in [3.8, 4) is 5.75 Å². The quantitative estimate of drug-likeness (QED) is 0.774. The van der Waals surface area contributed by atoms with Gasteiger partial charge in [0.1, 0.15) is 12.3 Å². The summed E-state index contributed by atoms with van der Waals surface area (Å²) in [7, 11) is 3.47. The first-order valence-corrected chi connectivity index (χ1v) is 9.42. The Morgan fingerprint density at radius 1 is 1.19 bits per heavy atom. The number of amides is 2. The normalized spacial score (nSPS) is 23.0. The molecule has 142 valence electrons. The van der Waals surface area contributed by atoms with E-state index in [1.807, 2.05) is 24.0 Å². The van der Waals surface area contributed by atoms with Crippen LogP contribution in [0.5, 0.6) is 5.75 Å². The first kappa shape index (κ1) is 18.7. The predicted molar refractivity (Wildman–Crippen MR) is 99.8 cm³/mol. The summed E-state index contributed by atoms with van der Waals surface area (Å²) in [4.78, 5) is 30.6. The van der Waals surface area contributed by atoms with Crippen LogP contribution in [0.1, 0.15) is 25.3 Å². The average molecular weight is 359 g/mol. The van der Waals surface area contributed by atoms with Crippen LogP contribution in [-0.2, 0) is 16.1 Å². The molecule has 1 aromatic carbocycles. The molecule has 26 heavy (non-hydrogen) atoms. The molecule has 0 aromatic heterocycles. The highest BCUT2D eigenvalue weighted by molar-refractivity contribution is 5.86. The third-order valence-corrected chi connectivity index (χ3v) is 5.31. The summed E-state index contributed by atoms with van der Waals surface area (Å²) in [5.41, 5.74) is 1.22. The summed E-state index contributed by atoms with van der Waals surface area (Å²) in [5, 5.41) is 0. The van der Waals surface area contributed by atoms with Gasteiger partial charge in [-0.15, -0.1) is 0 Å². The van der Waals surface area contributed by atoms with Crippen LogP contribution >= 0.6 is 0 Å². The second-order valence-corrected chi connectivity index (χ2v) is 7.45. The van der Waals surface area contributed by atoms with Crippen molar-refractivity contribution in [1.29, 1.82) is 0 Å². The largest absolute Gasteiger partial charge is 0.494 e. The Morgan fingerprint density at radius 2 is 1.92 bits per heavy atom. The number of benzene rings is 1. The van der Waals surface area contributed by atoms with Crippen LogP contribution in [0.2, 0.25) is 0 Å². The Hall–Kier alpha value is -2.08. The van der Waals surface area contributed by atoms with Crippen LogP contribution in [0.25, 0.3) is 0 Å². The van der Waals surface area contributed by atoms with Crippen LogP contribution < -0.4 is 4.74 Å². The smallest absolute Gasteiger partial charge is 0.241 e. The number of carbonyl (C=O) groups excluding carboxylic acids is 2. The van der Waals surface area contributed by atoms with E-state index in [4.69, 9.17) is 4.74 Å². The molecular formula is C20H29N3O3. The van der Waals surface area contributed by atoms with E-state index < -0.39 is 0 Å². The molecule has 3 fully saturated rings. The zero-order chi connectivity index (χ0) is 18.7. The fourth-order valence-corrected chi connectivity index (χ4v) is 3.87. The zero-order valence-corrected chi connectivity index (χ0v) is 16.0. The van der Waals surface area contributed by atoms with E-state index in [2.05, 4.69) is 17.0 Å². The lowest BCUT2D eigenvalue weighted by Gasteiger charge is -2.36. The van der Waals surface area contributed by atoms with Crippen molar-refractivity contribution in [1.82, 2.24) is 14.7 Å². The minimum Gasteiger partial charge on any atom is -0.494 e. The van der Waals surface area contributed by atoms with Gasteiger partial charge < -0.3 is 14.5 Å². The fourth-order valence-electron chi connectivity index (χ4n) is 3.87. The Balaban J connectivity index is 1.67. The predicted octanol–water partition coefficient (Wildman–Crippen LogP) is 1.60. The molecule has 0 saturated carbocycles. The number of ether oxygens (including phenoxy) is 1. The number of carbonyl (C=O) groups is 2. The van der Waals surface area contributed by atoms with Crippen LogP contribution in [0.4, 0.5) is 0 Å². The van der Waals surface area contributed by atoms with Gasteiger partial charge in [-0.2, -0.15) is 0 Å². The van der Waals surface area contributed by atoms with Crippen molar-refractivity contribution in [3.63, 3.8) is 0 Å². The Labute approximate surface area is 155 Å². The van der Waals surface area contributed by atoms with Gasteiger partial charge >= 0.3 is 0 Å². The minimum absolute atomic E-state index is 0.00594. The van der Waals surface area contributed by atoms with Crippen molar-refractivity contribution in [2.24, 2.45) is 5.92 Å². The maximum absolute atomic E-state index is 12.8. The standard InChI is InChI=1S/C20H29N3O3/c1-4-26-18-9-5-15(6-10-18)11-22-12-16-7-8-17(13-22)23(20(16)25)14-19(24)21(2)3/h5-6,9-10,16-17H,4,7-8,11-14H2,1-3H3/t16-,17+/m0/s1. The third-order valence-electron chi connectivity index (χ3n) is 5.31. The van der Waals surface area contributed by atoms with Gasteiger partial charge in [-0.25, -0.2) is 0 Å². The summed E-state index contributed by atoms with van der Waals surface area (Å²) in [6, 6.07) is 8.31. The lowest BCUT2D eigenvalue weighted by molar-refractivity contribution is -0.145. The Morgan fingerprint density at radius 3 is 2.58 bits per heavy atom. The molecule has 0 aliphatic carbocycles. The molecule has 2 bridgehead atoms. The van der Waals surface area contributed by atoms with E-state index in [9.17, 15) is 9.59 Å². The molecule has 6 heteroatoms. The number of likely N-dealkylation sites (N-methyl/N-ethyl adjacent to an activating group) is 1. The second-order valence-electron chi connectivity index (χ2n) is 7.45. The summed E-state index contributed by atoms with van der Waals surface area (Å²) in [6.07, 6.45) is 1.91. The molecular weight excluding hydrogens is 330 g/mol. The highest BCUT2D eigenvalue weighted by Gasteiger charge is 2.41. The van der Waals surface area contributed by atoms with Gasteiger partial charge in [0.25, 0.3) is 0 Å². The molecule has 6 nitrogen and oxygen atoms in total.